The third kappa shape index (κ3) is 2.72. The zero-order valence-electron chi connectivity index (χ0n) is 10.2. The van der Waals surface area contributed by atoms with Crippen LogP contribution in [0.4, 0.5) is 4.39 Å². The molecule has 1 heterocycles. The average Bonchev–Trinajstić information content (AvgIpc) is 2.35. The molecule has 5 heteroatoms. The normalized spacial score (nSPS) is 24.1. The molecule has 2 rings (SSSR count). The maximum atomic E-state index is 13.1. The zero-order chi connectivity index (χ0) is 13.3. The molecule has 2 N–H and O–H groups in total. The molecule has 18 heavy (non-hydrogen) atoms. The molecule has 1 aliphatic heterocycles. The summed E-state index contributed by atoms with van der Waals surface area (Å²) < 4.78 is 13.4. The Kier molecular flexibility index (Phi) is 4.02. The minimum absolute atomic E-state index is 0.0200. The second-order valence-electron chi connectivity index (χ2n) is 4.81. The van der Waals surface area contributed by atoms with Gasteiger partial charge in [0.05, 0.1) is 4.47 Å². The van der Waals surface area contributed by atoms with Crippen LogP contribution < -0.4 is 5.73 Å². The summed E-state index contributed by atoms with van der Waals surface area (Å²) in [6, 6.07) is 4.34. The second kappa shape index (κ2) is 5.36. The van der Waals surface area contributed by atoms with E-state index in [2.05, 4.69) is 22.9 Å². The predicted molar refractivity (Wildman–Crippen MR) is 71.8 cm³/mol. The van der Waals surface area contributed by atoms with Gasteiger partial charge < -0.3 is 10.6 Å². The maximum absolute atomic E-state index is 13.1. The molecule has 0 aliphatic carbocycles. The van der Waals surface area contributed by atoms with Gasteiger partial charge in [-0.25, -0.2) is 4.39 Å². The van der Waals surface area contributed by atoms with Gasteiger partial charge in [-0.05, 0) is 46.5 Å². The molecule has 0 bridgehead atoms. The van der Waals surface area contributed by atoms with Gasteiger partial charge in [0.2, 0.25) is 0 Å². The highest BCUT2D eigenvalue weighted by Crippen LogP contribution is 2.21. The Balaban J connectivity index is 2.14. The molecular formula is C13H16BrFN2O. The van der Waals surface area contributed by atoms with Gasteiger partial charge in [-0.2, -0.15) is 0 Å². The summed E-state index contributed by atoms with van der Waals surface area (Å²) in [4.78, 5) is 14.0. The highest BCUT2D eigenvalue weighted by atomic mass is 79.9. The van der Waals surface area contributed by atoms with Crippen molar-refractivity contribution < 1.29 is 9.18 Å². The molecule has 0 spiro atoms. The average molecular weight is 315 g/mol. The van der Waals surface area contributed by atoms with Crippen LogP contribution in [0.15, 0.2) is 22.7 Å². The lowest BCUT2D eigenvalue weighted by Gasteiger charge is -2.35. The van der Waals surface area contributed by atoms with E-state index >= 15 is 0 Å². The van der Waals surface area contributed by atoms with E-state index in [1.165, 1.54) is 18.2 Å². The van der Waals surface area contributed by atoms with Crippen LogP contribution in [0.25, 0.3) is 0 Å². The third-order valence-electron chi connectivity index (χ3n) is 3.47. The third-order valence-corrected chi connectivity index (χ3v) is 4.08. The molecule has 1 amide bonds. The number of nitrogens with two attached hydrogens (primary N) is 1. The Bertz CT molecular complexity index is 466. The van der Waals surface area contributed by atoms with Gasteiger partial charge in [0, 0.05) is 24.7 Å². The monoisotopic (exact) mass is 314 g/mol. The van der Waals surface area contributed by atoms with Crippen LogP contribution in [-0.2, 0) is 0 Å². The number of hydrogen-bond acceptors (Lipinski definition) is 2. The summed E-state index contributed by atoms with van der Waals surface area (Å²) in [7, 11) is 0. The number of piperidine rings is 1. The van der Waals surface area contributed by atoms with E-state index in [-0.39, 0.29) is 17.8 Å². The molecule has 98 valence electrons. The molecule has 1 aromatic rings. The van der Waals surface area contributed by atoms with E-state index in [9.17, 15) is 9.18 Å². The van der Waals surface area contributed by atoms with Crippen LogP contribution in [0.1, 0.15) is 23.7 Å². The van der Waals surface area contributed by atoms with E-state index in [1.807, 2.05) is 0 Å². The first-order valence-corrected chi connectivity index (χ1v) is 6.78. The molecular weight excluding hydrogens is 299 g/mol. The molecule has 0 aromatic heterocycles. The van der Waals surface area contributed by atoms with Crippen LogP contribution in [0.2, 0.25) is 0 Å². The first-order chi connectivity index (χ1) is 8.49. The fourth-order valence-electron chi connectivity index (χ4n) is 2.10. The predicted octanol–water partition coefficient (Wildman–Crippen LogP) is 2.40. The summed E-state index contributed by atoms with van der Waals surface area (Å²) in [5.41, 5.74) is 6.47. The van der Waals surface area contributed by atoms with Crippen LogP contribution >= 0.6 is 15.9 Å². The van der Waals surface area contributed by atoms with Crippen molar-refractivity contribution in [2.45, 2.75) is 19.4 Å². The number of carbonyl (C=O) groups excluding carboxylic acids is 1. The zero-order valence-corrected chi connectivity index (χ0v) is 11.8. The lowest BCUT2D eigenvalue weighted by Crippen LogP contribution is -2.49. The number of likely N-dealkylation sites (tertiary alicyclic amines) is 1. The fourth-order valence-corrected chi connectivity index (χ4v) is 2.47. The van der Waals surface area contributed by atoms with Gasteiger partial charge in [-0.1, -0.05) is 6.92 Å². The largest absolute Gasteiger partial charge is 0.337 e. The molecule has 1 fully saturated rings. The van der Waals surface area contributed by atoms with Crippen molar-refractivity contribution in [1.82, 2.24) is 4.90 Å². The van der Waals surface area contributed by atoms with Gasteiger partial charge in [-0.3, -0.25) is 4.79 Å². The summed E-state index contributed by atoms with van der Waals surface area (Å²) in [6.07, 6.45) is 0.912. The molecule has 0 saturated carbocycles. The van der Waals surface area contributed by atoms with Gasteiger partial charge in [-0.15, -0.1) is 0 Å². The molecule has 2 unspecified atom stereocenters. The van der Waals surface area contributed by atoms with Gasteiger partial charge in [0.15, 0.2) is 0 Å². The van der Waals surface area contributed by atoms with Crippen molar-refractivity contribution in [3.8, 4) is 0 Å². The lowest BCUT2D eigenvalue weighted by molar-refractivity contribution is 0.0672. The number of carbonyl (C=O) groups is 1. The number of nitrogens with zero attached hydrogens (tertiary/aromatic N) is 1. The number of amides is 1. The number of halogens is 2. The highest BCUT2D eigenvalue weighted by Gasteiger charge is 2.27. The van der Waals surface area contributed by atoms with Crippen LogP contribution in [0.5, 0.6) is 0 Å². The van der Waals surface area contributed by atoms with Crippen molar-refractivity contribution in [3.05, 3.63) is 34.1 Å². The fraction of sp³-hybridized carbons (Fsp3) is 0.462. The van der Waals surface area contributed by atoms with E-state index in [0.29, 0.717) is 29.0 Å². The summed E-state index contributed by atoms with van der Waals surface area (Å²) in [5, 5.41) is 0. The van der Waals surface area contributed by atoms with Gasteiger partial charge in [0.1, 0.15) is 5.82 Å². The van der Waals surface area contributed by atoms with E-state index in [0.717, 1.165) is 6.42 Å². The lowest BCUT2D eigenvalue weighted by atomic mass is 9.94. The van der Waals surface area contributed by atoms with E-state index < -0.39 is 0 Å². The topological polar surface area (TPSA) is 46.3 Å². The van der Waals surface area contributed by atoms with Crippen LogP contribution in [0, 0.1) is 11.7 Å². The SMILES string of the molecule is CC1CCN(C(=O)c2ccc(F)c(Br)c2)CC1N. The summed E-state index contributed by atoms with van der Waals surface area (Å²) in [6.45, 7) is 3.37. The smallest absolute Gasteiger partial charge is 0.253 e. The van der Waals surface area contributed by atoms with Crippen LogP contribution in [-0.4, -0.2) is 29.9 Å². The standard InChI is InChI=1S/C13H16BrFN2O/c1-8-4-5-17(7-12(8)16)13(18)9-2-3-11(15)10(14)6-9/h2-3,6,8,12H,4-5,7,16H2,1H3. The van der Waals surface area contributed by atoms with Crippen molar-refractivity contribution >= 4 is 21.8 Å². The molecule has 0 radical (unpaired) electrons. The van der Waals surface area contributed by atoms with Gasteiger partial charge in [0.25, 0.3) is 5.91 Å². The molecule has 1 saturated heterocycles. The first-order valence-electron chi connectivity index (χ1n) is 5.99. The number of rotatable bonds is 1. The Labute approximate surface area is 114 Å². The van der Waals surface area contributed by atoms with E-state index in [1.54, 1.807) is 4.90 Å². The molecule has 2 atom stereocenters. The summed E-state index contributed by atoms with van der Waals surface area (Å²) in [5.74, 6) is -0.0115. The minimum atomic E-state index is -0.365. The Morgan fingerprint density at radius 3 is 2.89 bits per heavy atom. The number of benzene rings is 1. The maximum Gasteiger partial charge on any atom is 0.253 e. The molecule has 1 aromatic carbocycles. The quantitative estimate of drug-likeness (QED) is 0.865. The Morgan fingerprint density at radius 1 is 1.56 bits per heavy atom. The van der Waals surface area contributed by atoms with Crippen molar-refractivity contribution in [1.29, 1.82) is 0 Å². The Morgan fingerprint density at radius 2 is 2.28 bits per heavy atom. The molecule has 3 nitrogen and oxygen atoms in total. The molecule has 1 aliphatic rings. The second-order valence-corrected chi connectivity index (χ2v) is 5.66. The van der Waals surface area contributed by atoms with Crippen molar-refractivity contribution in [2.75, 3.05) is 13.1 Å². The van der Waals surface area contributed by atoms with Crippen molar-refractivity contribution in [3.63, 3.8) is 0 Å². The van der Waals surface area contributed by atoms with Crippen LogP contribution in [0.3, 0.4) is 0 Å². The number of hydrogen-bond donors (Lipinski definition) is 1. The summed E-state index contributed by atoms with van der Waals surface area (Å²) >= 11 is 3.09. The first kappa shape index (κ1) is 13.5. The Hall–Kier alpha value is -0.940. The van der Waals surface area contributed by atoms with E-state index in [4.69, 9.17) is 5.73 Å². The highest BCUT2D eigenvalue weighted by molar-refractivity contribution is 9.10. The van der Waals surface area contributed by atoms with Crippen molar-refractivity contribution in [2.24, 2.45) is 11.7 Å². The minimum Gasteiger partial charge on any atom is -0.337 e. The van der Waals surface area contributed by atoms with Gasteiger partial charge >= 0.3 is 0 Å².